The van der Waals surface area contributed by atoms with Gasteiger partial charge in [0.2, 0.25) is 5.91 Å². The minimum Gasteiger partial charge on any atom is -0.326 e. The van der Waals surface area contributed by atoms with Crippen molar-refractivity contribution in [2.75, 3.05) is 11.1 Å². The molecule has 2 aromatic rings. The molecular formula is C19H17FN4OS. The Morgan fingerprint density at radius 3 is 2.77 bits per heavy atom. The van der Waals surface area contributed by atoms with Crippen LogP contribution in [0.5, 0.6) is 0 Å². The summed E-state index contributed by atoms with van der Waals surface area (Å²) >= 11 is 1.57. The summed E-state index contributed by atoms with van der Waals surface area (Å²) in [5.41, 5.74) is 7.72. The van der Waals surface area contributed by atoms with E-state index in [1.165, 1.54) is 12.1 Å². The molecule has 2 aliphatic rings. The van der Waals surface area contributed by atoms with Crippen LogP contribution in [0, 0.1) is 5.82 Å². The summed E-state index contributed by atoms with van der Waals surface area (Å²) in [5.74, 6) is 0.465. The SMILES string of the molecule is CC(N=C1NN=C(c2ccc3c(c2)NC(=O)C3)CS1)c1ccc(F)cc1. The van der Waals surface area contributed by atoms with Crippen molar-refractivity contribution >= 4 is 34.2 Å². The maximum absolute atomic E-state index is 13.0. The van der Waals surface area contributed by atoms with E-state index in [1.54, 1.807) is 23.9 Å². The fourth-order valence-electron chi connectivity index (χ4n) is 2.92. The number of nitrogens with one attached hydrogen (secondary N) is 2. The lowest BCUT2D eigenvalue weighted by atomic mass is 10.1. The Bertz CT molecular complexity index is 924. The van der Waals surface area contributed by atoms with Gasteiger partial charge in [0.05, 0.1) is 18.2 Å². The van der Waals surface area contributed by atoms with Gasteiger partial charge in [-0.25, -0.2) is 4.39 Å². The van der Waals surface area contributed by atoms with Crippen molar-refractivity contribution in [3.05, 3.63) is 65.0 Å². The van der Waals surface area contributed by atoms with Crippen LogP contribution >= 0.6 is 11.8 Å². The first-order valence-corrected chi connectivity index (χ1v) is 9.29. The highest BCUT2D eigenvalue weighted by Gasteiger charge is 2.20. The van der Waals surface area contributed by atoms with Gasteiger partial charge in [-0.15, -0.1) is 0 Å². The van der Waals surface area contributed by atoms with Gasteiger partial charge in [0.15, 0.2) is 5.17 Å². The van der Waals surface area contributed by atoms with E-state index in [9.17, 15) is 9.18 Å². The molecule has 2 heterocycles. The van der Waals surface area contributed by atoms with Crippen LogP contribution in [0.2, 0.25) is 0 Å². The van der Waals surface area contributed by atoms with Crippen molar-refractivity contribution in [3.63, 3.8) is 0 Å². The third-order valence-corrected chi connectivity index (χ3v) is 5.25. The molecule has 0 spiro atoms. The molecule has 0 saturated heterocycles. The van der Waals surface area contributed by atoms with Crippen LogP contribution in [0.15, 0.2) is 52.6 Å². The zero-order valence-corrected chi connectivity index (χ0v) is 14.9. The zero-order chi connectivity index (χ0) is 18.1. The van der Waals surface area contributed by atoms with Crippen LogP contribution in [0.3, 0.4) is 0 Å². The molecule has 5 nitrogen and oxygen atoms in total. The predicted octanol–water partition coefficient (Wildman–Crippen LogP) is 3.48. The third-order valence-electron chi connectivity index (χ3n) is 4.36. The van der Waals surface area contributed by atoms with Gasteiger partial charge in [0.1, 0.15) is 5.82 Å². The molecule has 0 radical (unpaired) electrons. The Hall–Kier alpha value is -2.67. The number of amides is 1. The first-order valence-electron chi connectivity index (χ1n) is 8.30. The smallest absolute Gasteiger partial charge is 0.228 e. The second-order valence-electron chi connectivity index (χ2n) is 6.22. The molecule has 0 saturated carbocycles. The van der Waals surface area contributed by atoms with Crippen LogP contribution in [-0.2, 0) is 11.2 Å². The van der Waals surface area contributed by atoms with Gasteiger partial charge in [-0.1, -0.05) is 36.0 Å². The third kappa shape index (κ3) is 3.48. The van der Waals surface area contributed by atoms with E-state index in [-0.39, 0.29) is 17.8 Å². The second kappa shape index (κ2) is 6.92. The number of halogens is 1. The number of nitrogens with zero attached hydrogens (tertiary/aromatic N) is 2. The molecule has 2 aromatic carbocycles. The van der Waals surface area contributed by atoms with E-state index in [2.05, 4.69) is 20.8 Å². The average molecular weight is 368 g/mol. The Morgan fingerprint density at radius 2 is 2.04 bits per heavy atom. The lowest BCUT2D eigenvalue weighted by molar-refractivity contribution is -0.115. The number of amidine groups is 1. The number of anilines is 1. The number of hydrazone groups is 1. The van der Waals surface area contributed by atoms with Gasteiger partial charge in [-0.05, 0) is 36.2 Å². The average Bonchev–Trinajstić information content (AvgIpc) is 3.02. The van der Waals surface area contributed by atoms with Crippen molar-refractivity contribution in [1.82, 2.24) is 5.43 Å². The number of thioether (sulfide) groups is 1. The lowest BCUT2D eigenvalue weighted by Gasteiger charge is -2.17. The molecular weight excluding hydrogens is 351 g/mol. The largest absolute Gasteiger partial charge is 0.326 e. The number of fused-ring (bicyclic) bond motifs is 1. The standard InChI is InChI=1S/C19H17FN4OS/c1-11(12-4-6-15(20)7-5-12)21-19-24-23-17(10-26-19)13-2-3-14-9-18(25)22-16(14)8-13/h2-8,11H,9-10H2,1H3,(H,21,24)(H,22,25). The van der Waals surface area contributed by atoms with Crippen molar-refractivity contribution in [2.45, 2.75) is 19.4 Å². The monoisotopic (exact) mass is 368 g/mol. The second-order valence-corrected chi connectivity index (χ2v) is 7.18. The summed E-state index contributed by atoms with van der Waals surface area (Å²) < 4.78 is 13.0. The van der Waals surface area contributed by atoms with Crippen LogP contribution in [0.1, 0.15) is 29.7 Å². The molecule has 4 rings (SSSR count). The van der Waals surface area contributed by atoms with Crippen molar-refractivity contribution in [2.24, 2.45) is 10.1 Å². The van der Waals surface area contributed by atoms with Crippen molar-refractivity contribution in [3.8, 4) is 0 Å². The Labute approximate surface area is 154 Å². The van der Waals surface area contributed by atoms with E-state index in [0.29, 0.717) is 12.2 Å². The summed E-state index contributed by atoms with van der Waals surface area (Å²) in [6, 6.07) is 12.2. The van der Waals surface area contributed by atoms with Gasteiger partial charge in [-0.2, -0.15) is 5.10 Å². The van der Waals surface area contributed by atoms with Gasteiger partial charge in [0, 0.05) is 17.0 Å². The summed E-state index contributed by atoms with van der Waals surface area (Å²) in [6.45, 7) is 1.96. The summed E-state index contributed by atoms with van der Waals surface area (Å²) in [6.07, 6.45) is 0.438. The van der Waals surface area contributed by atoms with Gasteiger partial charge < -0.3 is 5.32 Å². The molecule has 2 N–H and O–H groups in total. The molecule has 0 aliphatic carbocycles. The normalized spacial score (nSPS) is 18.8. The molecule has 2 aliphatic heterocycles. The molecule has 1 amide bonds. The molecule has 132 valence electrons. The first kappa shape index (κ1) is 16.8. The van der Waals surface area contributed by atoms with Crippen LogP contribution in [0.4, 0.5) is 10.1 Å². The Morgan fingerprint density at radius 1 is 1.23 bits per heavy atom. The summed E-state index contributed by atoms with van der Waals surface area (Å²) in [7, 11) is 0. The highest BCUT2D eigenvalue weighted by Crippen LogP contribution is 2.26. The van der Waals surface area contributed by atoms with Crippen molar-refractivity contribution < 1.29 is 9.18 Å². The Balaban J connectivity index is 1.47. The number of hydrogen-bond acceptors (Lipinski definition) is 4. The highest BCUT2D eigenvalue weighted by molar-refractivity contribution is 8.14. The van der Waals surface area contributed by atoms with Crippen molar-refractivity contribution in [1.29, 1.82) is 0 Å². The summed E-state index contributed by atoms with van der Waals surface area (Å²) in [4.78, 5) is 16.1. The molecule has 1 unspecified atom stereocenters. The Kier molecular flexibility index (Phi) is 4.46. The first-order chi connectivity index (χ1) is 12.6. The maximum atomic E-state index is 13.0. The number of hydrogen-bond donors (Lipinski definition) is 2. The lowest BCUT2D eigenvalue weighted by Crippen LogP contribution is -2.25. The zero-order valence-electron chi connectivity index (χ0n) is 14.1. The number of rotatable bonds is 3. The van der Waals surface area contributed by atoms with Gasteiger partial charge in [-0.3, -0.25) is 15.2 Å². The molecule has 26 heavy (non-hydrogen) atoms. The van der Waals surface area contributed by atoms with E-state index in [0.717, 1.165) is 33.3 Å². The predicted molar refractivity (Wildman–Crippen MR) is 103 cm³/mol. The van der Waals surface area contributed by atoms with Crippen LogP contribution < -0.4 is 10.7 Å². The maximum Gasteiger partial charge on any atom is 0.228 e. The van der Waals surface area contributed by atoms with Gasteiger partial charge >= 0.3 is 0 Å². The number of aliphatic imine (C=N–C) groups is 1. The fraction of sp³-hybridized carbons (Fsp3) is 0.211. The van der Waals surface area contributed by atoms with E-state index in [4.69, 9.17) is 0 Å². The van der Waals surface area contributed by atoms with Crippen LogP contribution in [0.25, 0.3) is 0 Å². The number of carbonyl (C=O) groups excluding carboxylic acids is 1. The minimum absolute atomic E-state index is 0.0273. The molecule has 0 fully saturated rings. The minimum atomic E-state index is -0.251. The van der Waals surface area contributed by atoms with Gasteiger partial charge in [0.25, 0.3) is 0 Å². The number of benzene rings is 2. The van der Waals surface area contributed by atoms with E-state index < -0.39 is 0 Å². The van der Waals surface area contributed by atoms with Crippen LogP contribution in [-0.4, -0.2) is 22.5 Å². The quantitative estimate of drug-likeness (QED) is 0.872. The van der Waals surface area contributed by atoms with E-state index in [1.807, 2.05) is 25.1 Å². The molecule has 1 atom stereocenters. The fourth-order valence-corrected chi connectivity index (χ4v) is 3.76. The number of carbonyl (C=O) groups is 1. The topological polar surface area (TPSA) is 65.8 Å². The summed E-state index contributed by atoms with van der Waals surface area (Å²) in [5, 5.41) is 8.03. The molecule has 0 aromatic heterocycles. The van der Waals surface area contributed by atoms with E-state index >= 15 is 0 Å². The highest BCUT2D eigenvalue weighted by atomic mass is 32.2. The molecule has 0 bridgehead atoms. The molecule has 7 heteroatoms.